The van der Waals surface area contributed by atoms with Crippen LogP contribution in [0.2, 0.25) is 0 Å². The minimum absolute atomic E-state index is 0.0942. The van der Waals surface area contributed by atoms with Crippen LogP contribution in [0.15, 0.2) is 48.5 Å². The van der Waals surface area contributed by atoms with Gasteiger partial charge in [-0.15, -0.1) is 0 Å². The van der Waals surface area contributed by atoms with Crippen LogP contribution < -0.4 is 9.47 Å². The molecule has 33 heavy (non-hydrogen) atoms. The number of fused-ring (bicyclic) bond motifs is 1. The van der Waals surface area contributed by atoms with Gasteiger partial charge in [0.15, 0.2) is 11.5 Å². The second-order valence-electron chi connectivity index (χ2n) is 8.80. The lowest BCUT2D eigenvalue weighted by Gasteiger charge is -2.42. The number of imide groups is 1. The van der Waals surface area contributed by atoms with Gasteiger partial charge in [-0.3, -0.25) is 14.6 Å². The first-order valence-electron chi connectivity index (χ1n) is 11.4. The highest BCUT2D eigenvalue weighted by molar-refractivity contribution is 6.07. The Labute approximate surface area is 193 Å². The minimum atomic E-state index is -0.800. The number of carbonyl (C=O) groups is 2. The Morgan fingerprint density at radius 3 is 2.45 bits per heavy atom. The second-order valence-corrected chi connectivity index (χ2v) is 8.80. The van der Waals surface area contributed by atoms with E-state index in [1.165, 1.54) is 4.90 Å². The fourth-order valence-corrected chi connectivity index (χ4v) is 5.01. The summed E-state index contributed by atoms with van der Waals surface area (Å²) in [5.41, 5.74) is 1.37. The van der Waals surface area contributed by atoms with Crippen LogP contribution in [0.4, 0.5) is 4.79 Å². The molecule has 0 radical (unpaired) electrons. The third-order valence-electron chi connectivity index (χ3n) is 6.85. The van der Waals surface area contributed by atoms with Crippen LogP contribution in [0.5, 0.6) is 11.5 Å². The zero-order valence-electron chi connectivity index (χ0n) is 18.9. The van der Waals surface area contributed by atoms with Crippen LogP contribution in [0.1, 0.15) is 24.0 Å². The molecule has 2 aromatic rings. The number of likely N-dealkylation sites (tertiary alicyclic amines) is 1. The fourth-order valence-electron chi connectivity index (χ4n) is 5.01. The number of nitrogens with zero attached hydrogens (tertiary/aromatic N) is 3. The molecule has 2 saturated heterocycles. The van der Waals surface area contributed by atoms with Crippen molar-refractivity contribution in [3.8, 4) is 11.5 Å². The Hall–Kier alpha value is -3.10. The average Bonchev–Trinajstić information content (AvgIpc) is 3.38. The first kappa shape index (κ1) is 21.7. The van der Waals surface area contributed by atoms with E-state index in [4.69, 9.17) is 14.2 Å². The lowest BCUT2D eigenvalue weighted by atomic mass is 9.85. The minimum Gasteiger partial charge on any atom is -0.454 e. The molecule has 3 aliphatic rings. The van der Waals surface area contributed by atoms with Crippen molar-refractivity contribution in [1.29, 1.82) is 0 Å². The lowest BCUT2D eigenvalue weighted by molar-refractivity contribution is -0.136. The first-order valence-corrected chi connectivity index (χ1v) is 11.4. The fraction of sp³-hybridized carbons (Fsp3) is 0.440. The van der Waals surface area contributed by atoms with Gasteiger partial charge in [0.2, 0.25) is 6.79 Å². The zero-order chi connectivity index (χ0) is 22.8. The van der Waals surface area contributed by atoms with Gasteiger partial charge in [0.25, 0.3) is 5.91 Å². The molecule has 0 aliphatic carbocycles. The molecular weight excluding hydrogens is 422 g/mol. The smallest absolute Gasteiger partial charge is 0.328 e. The van der Waals surface area contributed by atoms with Crippen molar-refractivity contribution >= 4 is 11.9 Å². The average molecular weight is 452 g/mol. The summed E-state index contributed by atoms with van der Waals surface area (Å²) in [6.07, 6.45) is 1.22. The van der Waals surface area contributed by atoms with Crippen molar-refractivity contribution in [3.05, 3.63) is 59.7 Å². The highest BCUT2D eigenvalue weighted by atomic mass is 16.7. The molecule has 0 atom stereocenters. The van der Waals surface area contributed by atoms with Crippen LogP contribution in [0.25, 0.3) is 0 Å². The van der Waals surface area contributed by atoms with E-state index in [1.807, 2.05) is 42.5 Å². The molecule has 3 amide bonds. The molecule has 8 nitrogen and oxygen atoms in total. The molecular formula is C25H29N3O5. The Balaban J connectivity index is 1.32. The molecule has 0 N–H and O–H groups in total. The van der Waals surface area contributed by atoms with Crippen LogP contribution in [-0.4, -0.2) is 72.3 Å². The highest BCUT2D eigenvalue weighted by Crippen LogP contribution is 2.39. The van der Waals surface area contributed by atoms with E-state index < -0.39 is 5.54 Å². The summed E-state index contributed by atoms with van der Waals surface area (Å²) in [6.45, 7) is 3.54. The number of hydrogen-bond donors (Lipinski definition) is 0. The number of ether oxygens (including phenoxy) is 3. The summed E-state index contributed by atoms with van der Waals surface area (Å²) in [6, 6.07) is 15.7. The molecule has 5 rings (SSSR count). The maximum absolute atomic E-state index is 13.6. The monoisotopic (exact) mass is 451 g/mol. The predicted octanol–water partition coefficient (Wildman–Crippen LogP) is 2.86. The molecule has 8 heteroatoms. The van der Waals surface area contributed by atoms with Crippen LogP contribution >= 0.6 is 0 Å². The van der Waals surface area contributed by atoms with Crippen molar-refractivity contribution in [1.82, 2.24) is 14.7 Å². The summed E-state index contributed by atoms with van der Waals surface area (Å²) < 4.78 is 16.1. The van der Waals surface area contributed by atoms with Gasteiger partial charge >= 0.3 is 6.03 Å². The first-order chi connectivity index (χ1) is 16.1. The molecule has 3 heterocycles. The molecule has 2 fully saturated rings. The van der Waals surface area contributed by atoms with Crippen LogP contribution in [-0.2, 0) is 22.6 Å². The Morgan fingerprint density at radius 1 is 0.939 bits per heavy atom. The SMILES string of the molecule is COCCN1C(=O)N(Cc2ccccc2)C2(CCN(Cc3ccc4c(c3)OCO4)CC2)C1=O. The quantitative estimate of drug-likeness (QED) is 0.603. The standard InChI is InChI=1S/C25H29N3O5/c1-31-14-13-27-23(29)25(28(24(27)30)17-19-5-3-2-4-6-19)9-11-26(12-10-25)16-20-7-8-21-22(15-20)33-18-32-21/h2-8,15H,9-14,16-18H2,1H3. The Kier molecular flexibility index (Phi) is 5.95. The van der Waals surface area contributed by atoms with Crippen molar-refractivity contribution in [2.75, 3.05) is 40.1 Å². The number of amides is 3. The predicted molar refractivity (Wildman–Crippen MR) is 121 cm³/mol. The maximum atomic E-state index is 13.6. The van der Waals surface area contributed by atoms with E-state index in [0.29, 0.717) is 26.0 Å². The molecule has 0 saturated carbocycles. The van der Waals surface area contributed by atoms with Crippen molar-refractivity contribution in [2.45, 2.75) is 31.5 Å². The van der Waals surface area contributed by atoms with Crippen LogP contribution in [0, 0.1) is 0 Å². The second kappa shape index (κ2) is 9.03. The van der Waals surface area contributed by atoms with Gasteiger partial charge in [-0.05, 0) is 36.1 Å². The summed E-state index contributed by atoms with van der Waals surface area (Å²) >= 11 is 0. The normalized spacial score (nSPS) is 19.7. The maximum Gasteiger partial charge on any atom is 0.328 e. The number of rotatable bonds is 7. The van der Waals surface area contributed by atoms with E-state index in [2.05, 4.69) is 11.0 Å². The highest BCUT2D eigenvalue weighted by Gasteiger charge is 2.57. The Bertz CT molecular complexity index is 1020. The largest absolute Gasteiger partial charge is 0.454 e. The third-order valence-corrected chi connectivity index (χ3v) is 6.85. The molecule has 1 spiro atoms. The number of urea groups is 1. The van der Waals surface area contributed by atoms with Gasteiger partial charge in [0.1, 0.15) is 5.54 Å². The number of methoxy groups -OCH3 is 1. The summed E-state index contributed by atoms with van der Waals surface area (Å²) in [4.78, 5) is 32.4. The molecule has 0 bridgehead atoms. The number of carbonyl (C=O) groups excluding carboxylic acids is 2. The van der Waals surface area contributed by atoms with Crippen molar-refractivity contribution < 1.29 is 23.8 Å². The van der Waals surface area contributed by atoms with Crippen molar-refractivity contribution in [2.24, 2.45) is 0 Å². The zero-order valence-corrected chi connectivity index (χ0v) is 18.9. The molecule has 174 valence electrons. The van der Waals surface area contributed by atoms with Gasteiger partial charge in [-0.1, -0.05) is 36.4 Å². The van der Waals surface area contributed by atoms with E-state index in [0.717, 1.165) is 42.3 Å². The number of hydrogen-bond acceptors (Lipinski definition) is 6. The molecule has 3 aliphatic heterocycles. The summed E-state index contributed by atoms with van der Waals surface area (Å²) in [7, 11) is 1.58. The van der Waals surface area contributed by atoms with Gasteiger partial charge in [0.05, 0.1) is 13.2 Å². The van der Waals surface area contributed by atoms with Gasteiger partial charge in [0, 0.05) is 33.3 Å². The van der Waals surface area contributed by atoms with E-state index in [1.54, 1.807) is 12.0 Å². The number of piperidine rings is 1. The van der Waals surface area contributed by atoms with Gasteiger partial charge < -0.3 is 19.1 Å². The van der Waals surface area contributed by atoms with Gasteiger partial charge in [-0.2, -0.15) is 0 Å². The van der Waals surface area contributed by atoms with Crippen molar-refractivity contribution in [3.63, 3.8) is 0 Å². The van der Waals surface area contributed by atoms with Crippen LogP contribution in [0.3, 0.4) is 0 Å². The van der Waals surface area contributed by atoms with E-state index in [-0.39, 0.29) is 25.3 Å². The summed E-state index contributed by atoms with van der Waals surface area (Å²) in [5, 5.41) is 0. The lowest BCUT2D eigenvalue weighted by Crippen LogP contribution is -2.56. The topological polar surface area (TPSA) is 71.6 Å². The number of benzene rings is 2. The Morgan fingerprint density at radius 2 is 1.70 bits per heavy atom. The van der Waals surface area contributed by atoms with E-state index in [9.17, 15) is 9.59 Å². The van der Waals surface area contributed by atoms with E-state index >= 15 is 0 Å². The molecule has 2 aromatic carbocycles. The molecule has 0 unspecified atom stereocenters. The molecule has 0 aromatic heterocycles. The summed E-state index contributed by atoms with van der Waals surface area (Å²) in [5.74, 6) is 1.46. The third kappa shape index (κ3) is 4.05. The van der Waals surface area contributed by atoms with Gasteiger partial charge in [-0.25, -0.2) is 4.79 Å².